The zero-order valence-corrected chi connectivity index (χ0v) is 12.6. The molecule has 1 heterocycles. The van der Waals surface area contributed by atoms with Gasteiger partial charge in [0.1, 0.15) is 5.60 Å². The largest absolute Gasteiger partial charge is 0.367 e. The molecule has 0 amide bonds. The van der Waals surface area contributed by atoms with E-state index in [1.165, 1.54) is 37.2 Å². The molecule has 0 aliphatic heterocycles. The van der Waals surface area contributed by atoms with Crippen LogP contribution in [-0.2, 0) is 10.3 Å². The van der Waals surface area contributed by atoms with Gasteiger partial charge >= 0.3 is 0 Å². The van der Waals surface area contributed by atoms with Crippen LogP contribution in [0.3, 0.4) is 0 Å². The van der Waals surface area contributed by atoms with E-state index in [-0.39, 0.29) is 5.60 Å². The Hall–Kier alpha value is -0.680. The minimum absolute atomic E-state index is 0.221. The lowest BCUT2D eigenvalue weighted by molar-refractivity contribution is -0.0829. The number of ether oxygens (including phenoxy) is 1. The SMILES string of the molecule is CCOC1(c2nsc(NC3CC3)n2)CCC(C)CC1. The average molecular weight is 281 g/mol. The molecular formula is C14H23N3OS. The molecule has 2 aliphatic rings. The van der Waals surface area contributed by atoms with Crippen molar-refractivity contribution in [2.24, 2.45) is 5.92 Å². The molecule has 0 atom stereocenters. The summed E-state index contributed by atoms with van der Waals surface area (Å²) in [5.41, 5.74) is -0.221. The van der Waals surface area contributed by atoms with Crippen molar-refractivity contribution in [2.75, 3.05) is 11.9 Å². The van der Waals surface area contributed by atoms with Crippen LogP contribution in [0.25, 0.3) is 0 Å². The molecule has 0 saturated heterocycles. The van der Waals surface area contributed by atoms with Gasteiger partial charge in [-0.1, -0.05) is 6.92 Å². The molecule has 1 aromatic heterocycles. The average Bonchev–Trinajstić information content (AvgIpc) is 3.08. The maximum Gasteiger partial charge on any atom is 0.202 e. The van der Waals surface area contributed by atoms with Crippen LogP contribution in [0.15, 0.2) is 0 Å². The Labute approximate surface area is 119 Å². The second-order valence-electron chi connectivity index (χ2n) is 5.95. The lowest BCUT2D eigenvalue weighted by Gasteiger charge is -2.36. The fourth-order valence-corrected chi connectivity index (χ4v) is 3.53. The van der Waals surface area contributed by atoms with Crippen molar-refractivity contribution in [3.8, 4) is 0 Å². The maximum atomic E-state index is 6.09. The lowest BCUT2D eigenvalue weighted by atomic mass is 9.79. The van der Waals surface area contributed by atoms with Crippen molar-refractivity contribution < 1.29 is 4.74 Å². The smallest absolute Gasteiger partial charge is 0.202 e. The lowest BCUT2D eigenvalue weighted by Crippen LogP contribution is -2.35. The summed E-state index contributed by atoms with van der Waals surface area (Å²) >= 11 is 1.48. The molecule has 3 rings (SSSR count). The Morgan fingerprint density at radius 2 is 2.05 bits per heavy atom. The molecule has 0 radical (unpaired) electrons. The minimum Gasteiger partial charge on any atom is -0.367 e. The second kappa shape index (κ2) is 5.37. The highest BCUT2D eigenvalue weighted by Gasteiger charge is 2.40. The molecule has 106 valence electrons. The predicted octanol–water partition coefficient (Wildman–Crippen LogP) is 3.55. The van der Waals surface area contributed by atoms with Gasteiger partial charge in [-0.05, 0) is 51.4 Å². The van der Waals surface area contributed by atoms with Gasteiger partial charge in [0.25, 0.3) is 0 Å². The molecule has 19 heavy (non-hydrogen) atoms. The van der Waals surface area contributed by atoms with Crippen LogP contribution in [0.2, 0.25) is 0 Å². The quantitative estimate of drug-likeness (QED) is 0.896. The topological polar surface area (TPSA) is 47.0 Å². The third kappa shape index (κ3) is 2.92. The molecule has 0 aromatic carbocycles. The minimum atomic E-state index is -0.221. The van der Waals surface area contributed by atoms with E-state index in [2.05, 4.69) is 23.5 Å². The number of hydrogen-bond acceptors (Lipinski definition) is 5. The molecule has 1 N–H and O–H groups in total. The zero-order valence-electron chi connectivity index (χ0n) is 11.8. The summed E-state index contributed by atoms with van der Waals surface area (Å²) in [5, 5.41) is 4.40. The first-order valence-electron chi connectivity index (χ1n) is 7.46. The number of aromatic nitrogens is 2. The van der Waals surface area contributed by atoms with Crippen LogP contribution in [0.4, 0.5) is 5.13 Å². The van der Waals surface area contributed by atoms with Gasteiger partial charge in [-0.2, -0.15) is 4.37 Å². The molecule has 2 aliphatic carbocycles. The van der Waals surface area contributed by atoms with Crippen LogP contribution in [0.5, 0.6) is 0 Å². The molecule has 2 fully saturated rings. The van der Waals surface area contributed by atoms with Gasteiger partial charge < -0.3 is 10.1 Å². The summed E-state index contributed by atoms with van der Waals surface area (Å²) in [5.74, 6) is 1.71. The van der Waals surface area contributed by atoms with Gasteiger partial charge in [0.05, 0.1) is 0 Å². The zero-order chi connectivity index (χ0) is 13.3. The predicted molar refractivity (Wildman–Crippen MR) is 77.5 cm³/mol. The molecule has 0 unspecified atom stereocenters. The highest BCUT2D eigenvalue weighted by Crippen LogP contribution is 2.42. The van der Waals surface area contributed by atoms with Crippen LogP contribution >= 0.6 is 11.5 Å². The number of nitrogens with zero attached hydrogens (tertiary/aromatic N) is 2. The van der Waals surface area contributed by atoms with Crippen molar-refractivity contribution in [1.82, 2.24) is 9.36 Å². The van der Waals surface area contributed by atoms with E-state index in [9.17, 15) is 0 Å². The van der Waals surface area contributed by atoms with Crippen molar-refractivity contribution >= 4 is 16.7 Å². The van der Waals surface area contributed by atoms with Crippen molar-refractivity contribution in [3.63, 3.8) is 0 Å². The number of hydrogen-bond donors (Lipinski definition) is 1. The van der Waals surface area contributed by atoms with E-state index in [1.54, 1.807) is 0 Å². The Balaban J connectivity index is 1.76. The van der Waals surface area contributed by atoms with Crippen molar-refractivity contribution in [2.45, 2.75) is 64.0 Å². The Morgan fingerprint density at radius 1 is 1.32 bits per heavy atom. The van der Waals surface area contributed by atoms with E-state index in [0.29, 0.717) is 6.04 Å². The van der Waals surface area contributed by atoms with Crippen molar-refractivity contribution in [1.29, 1.82) is 0 Å². The number of anilines is 1. The van der Waals surface area contributed by atoms with Crippen LogP contribution in [-0.4, -0.2) is 22.0 Å². The fraction of sp³-hybridized carbons (Fsp3) is 0.857. The third-order valence-electron chi connectivity index (χ3n) is 4.24. The summed E-state index contributed by atoms with van der Waals surface area (Å²) in [4.78, 5) is 4.70. The van der Waals surface area contributed by atoms with Gasteiger partial charge in [-0.3, -0.25) is 0 Å². The summed E-state index contributed by atoms with van der Waals surface area (Å²) in [6.07, 6.45) is 7.07. The van der Waals surface area contributed by atoms with Crippen molar-refractivity contribution in [3.05, 3.63) is 5.82 Å². The summed E-state index contributed by atoms with van der Waals surface area (Å²) in [7, 11) is 0. The third-order valence-corrected chi connectivity index (χ3v) is 4.89. The summed E-state index contributed by atoms with van der Waals surface area (Å²) < 4.78 is 10.7. The normalized spacial score (nSPS) is 31.4. The van der Waals surface area contributed by atoms with E-state index in [1.807, 2.05) is 0 Å². The Kier molecular flexibility index (Phi) is 3.76. The first-order valence-corrected chi connectivity index (χ1v) is 8.24. The first kappa shape index (κ1) is 13.3. The first-order chi connectivity index (χ1) is 9.22. The highest BCUT2D eigenvalue weighted by atomic mass is 32.1. The molecule has 0 bridgehead atoms. The monoisotopic (exact) mass is 281 g/mol. The van der Waals surface area contributed by atoms with Crippen LogP contribution < -0.4 is 5.32 Å². The standard InChI is InChI=1S/C14H23N3OS/c1-3-18-14(8-6-10(2)7-9-14)12-16-13(19-17-12)15-11-4-5-11/h10-11H,3-9H2,1-2H3,(H,15,16,17). The molecule has 1 aromatic rings. The van der Waals surface area contributed by atoms with Crippen LogP contribution in [0, 0.1) is 5.92 Å². The Bertz CT molecular complexity index is 422. The van der Waals surface area contributed by atoms with Gasteiger partial charge in [0.2, 0.25) is 5.13 Å². The highest BCUT2D eigenvalue weighted by molar-refractivity contribution is 7.09. The van der Waals surface area contributed by atoms with Gasteiger partial charge in [0, 0.05) is 24.2 Å². The van der Waals surface area contributed by atoms with Gasteiger partial charge in [-0.15, -0.1) is 0 Å². The van der Waals surface area contributed by atoms with Gasteiger partial charge in [-0.25, -0.2) is 4.98 Å². The summed E-state index contributed by atoms with van der Waals surface area (Å²) in [6.45, 7) is 5.12. The molecular weight excluding hydrogens is 258 g/mol. The second-order valence-corrected chi connectivity index (χ2v) is 6.70. The van der Waals surface area contributed by atoms with E-state index >= 15 is 0 Å². The molecule has 2 saturated carbocycles. The number of nitrogens with one attached hydrogen (secondary N) is 1. The van der Waals surface area contributed by atoms with E-state index in [4.69, 9.17) is 9.72 Å². The summed E-state index contributed by atoms with van der Waals surface area (Å²) in [6, 6.07) is 0.634. The molecule has 0 spiro atoms. The Morgan fingerprint density at radius 3 is 2.68 bits per heavy atom. The van der Waals surface area contributed by atoms with Gasteiger partial charge in [0.15, 0.2) is 5.82 Å². The maximum absolute atomic E-state index is 6.09. The van der Waals surface area contributed by atoms with Crippen LogP contribution in [0.1, 0.15) is 58.2 Å². The number of rotatable bonds is 5. The van der Waals surface area contributed by atoms with E-state index in [0.717, 1.165) is 36.3 Å². The van der Waals surface area contributed by atoms with E-state index < -0.39 is 0 Å². The molecule has 5 heteroatoms. The molecule has 4 nitrogen and oxygen atoms in total. The fourth-order valence-electron chi connectivity index (χ4n) is 2.81.